The predicted molar refractivity (Wildman–Crippen MR) is 67.9 cm³/mol. The molecule has 2 heterocycles. The minimum Gasteiger partial charge on any atom is -0.263 e. The highest BCUT2D eigenvalue weighted by molar-refractivity contribution is 7.15. The molecule has 0 saturated carbocycles. The third kappa shape index (κ3) is 2.02. The fourth-order valence-electron chi connectivity index (χ4n) is 1.77. The van der Waals surface area contributed by atoms with Crippen LogP contribution in [-0.4, -0.2) is 15.2 Å². The molecular weight excluding hydrogens is 218 g/mol. The van der Waals surface area contributed by atoms with Crippen molar-refractivity contribution in [2.75, 3.05) is 0 Å². The molecule has 0 bridgehead atoms. The lowest BCUT2D eigenvalue weighted by atomic mass is 10.1. The average molecular weight is 235 g/mol. The van der Waals surface area contributed by atoms with Gasteiger partial charge in [-0.15, -0.1) is 11.3 Å². The lowest BCUT2D eigenvalue weighted by molar-refractivity contribution is 0.870. The summed E-state index contributed by atoms with van der Waals surface area (Å²) in [5.41, 5.74) is 1.43. The third-order valence-electron chi connectivity index (χ3n) is 2.56. The summed E-state index contributed by atoms with van der Waals surface area (Å²) < 4.78 is 0. The highest BCUT2D eigenvalue weighted by Gasteiger charge is 2.14. The van der Waals surface area contributed by atoms with Crippen molar-refractivity contribution in [2.45, 2.75) is 40.0 Å². The van der Waals surface area contributed by atoms with Crippen molar-refractivity contribution < 1.29 is 0 Å². The van der Waals surface area contributed by atoms with Crippen LogP contribution in [0.15, 0.2) is 6.07 Å². The minimum absolute atomic E-state index is 0.578. The van der Waals surface area contributed by atoms with Crippen LogP contribution in [0.4, 0.5) is 0 Å². The lowest BCUT2D eigenvalue weighted by Crippen LogP contribution is -1.87. The molecule has 0 aliphatic heterocycles. The number of aromatic amines is 1. The molecule has 0 amide bonds. The van der Waals surface area contributed by atoms with E-state index < -0.39 is 0 Å². The van der Waals surface area contributed by atoms with E-state index >= 15 is 0 Å². The van der Waals surface area contributed by atoms with Crippen LogP contribution in [0.2, 0.25) is 0 Å². The first-order chi connectivity index (χ1) is 7.61. The van der Waals surface area contributed by atoms with Gasteiger partial charge < -0.3 is 0 Å². The Morgan fingerprint density at radius 2 is 2.19 bits per heavy atom. The van der Waals surface area contributed by atoms with E-state index in [2.05, 4.69) is 42.0 Å². The highest BCUT2D eigenvalue weighted by atomic mass is 32.1. The van der Waals surface area contributed by atoms with Gasteiger partial charge in [0.2, 0.25) is 0 Å². The molecule has 4 heteroatoms. The molecule has 2 rings (SSSR count). The Hall–Kier alpha value is -1.16. The number of hydrogen-bond donors (Lipinski definition) is 1. The maximum absolute atomic E-state index is 4.37. The van der Waals surface area contributed by atoms with Gasteiger partial charge in [0.25, 0.3) is 0 Å². The van der Waals surface area contributed by atoms with E-state index in [0.29, 0.717) is 5.92 Å². The third-order valence-corrected chi connectivity index (χ3v) is 4.04. The van der Waals surface area contributed by atoms with Crippen LogP contribution >= 0.6 is 11.3 Å². The summed E-state index contributed by atoms with van der Waals surface area (Å²) in [4.78, 5) is 7.00. The Morgan fingerprint density at radius 3 is 2.62 bits per heavy atom. The van der Waals surface area contributed by atoms with Crippen LogP contribution in [0.1, 0.15) is 43.0 Å². The fraction of sp³-hybridized carbons (Fsp3) is 0.500. The van der Waals surface area contributed by atoms with E-state index in [1.165, 1.54) is 15.3 Å². The first-order valence-corrected chi connectivity index (χ1v) is 6.45. The topological polar surface area (TPSA) is 41.6 Å². The number of nitrogens with zero attached hydrogens (tertiary/aromatic N) is 2. The van der Waals surface area contributed by atoms with Crippen molar-refractivity contribution in [2.24, 2.45) is 0 Å². The summed E-state index contributed by atoms with van der Waals surface area (Å²) in [6, 6.07) is 2.22. The molecule has 0 aromatic carbocycles. The summed E-state index contributed by atoms with van der Waals surface area (Å²) >= 11 is 1.81. The molecule has 0 saturated heterocycles. The van der Waals surface area contributed by atoms with Crippen LogP contribution in [0, 0.1) is 6.92 Å². The standard InChI is InChI=1S/C12H17N3S/c1-5-9-6-10(16-11(9)7(2)3)12-13-8(4)14-15-12/h6-7H,5H2,1-4H3,(H,13,14,15). The van der Waals surface area contributed by atoms with Gasteiger partial charge in [0, 0.05) is 4.88 Å². The highest BCUT2D eigenvalue weighted by Crippen LogP contribution is 2.34. The second-order valence-electron chi connectivity index (χ2n) is 4.25. The van der Waals surface area contributed by atoms with Gasteiger partial charge in [0.15, 0.2) is 5.82 Å². The molecular formula is C12H17N3S. The normalized spacial score (nSPS) is 11.3. The Kier molecular flexibility index (Phi) is 3.10. The van der Waals surface area contributed by atoms with Gasteiger partial charge >= 0.3 is 0 Å². The molecule has 3 nitrogen and oxygen atoms in total. The van der Waals surface area contributed by atoms with Crippen LogP contribution in [0.5, 0.6) is 0 Å². The number of hydrogen-bond acceptors (Lipinski definition) is 3. The minimum atomic E-state index is 0.578. The molecule has 0 aliphatic rings. The van der Waals surface area contributed by atoms with Crippen molar-refractivity contribution in [3.05, 3.63) is 22.3 Å². The number of aromatic nitrogens is 3. The first-order valence-electron chi connectivity index (χ1n) is 5.63. The quantitative estimate of drug-likeness (QED) is 0.884. The Labute approximate surface area is 99.9 Å². The molecule has 0 spiro atoms. The molecule has 1 N–H and O–H groups in total. The van der Waals surface area contributed by atoms with Gasteiger partial charge in [-0.25, -0.2) is 4.98 Å². The Balaban J connectivity index is 2.43. The molecule has 0 aliphatic carbocycles. The van der Waals surface area contributed by atoms with Gasteiger partial charge in [0.05, 0.1) is 4.88 Å². The smallest absolute Gasteiger partial charge is 0.191 e. The van der Waals surface area contributed by atoms with Gasteiger partial charge in [-0.3, -0.25) is 5.10 Å². The molecule has 2 aromatic rings. The molecule has 0 unspecified atom stereocenters. The maximum Gasteiger partial charge on any atom is 0.191 e. The monoisotopic (exact) mass is 235 g/mol. The molecule has 86 valence electrons. The number of aryl methyl sites for hydroxylation is 2. The average Bonchev–Trinajstić information content (AvgIpc) is 2.82. The zero-order valence-corrected chi connectivity index (χ0v) is 11.0. The number of rotatable bonds is 3. The van der Waals surface area contributed by atoms with Crippen LogP contribution < -0.4 is 0 Å². The zero-order valence-electron chi connectivity index (χ0n) is 10.2. The molecule has 0 radical (unpaired) electrons. The molecule has 16 heavy (non-hydrogen) atoms. The number of nitrogens with one attached hydrogen (secondary N) is 1. The van der Waals surface area contributed by atoms with E-state index in [4.69, 9.17) is 0 Å². The van der Waals surface area contributed by atoms with Gasteiger partial charge in [-0.2, -0.15) is 5.10 Å². The van der Waals surface area contributed by atoms with Crippen molar-refractivity contribution in [3.8, 4) is 10.7 Å². The van der Waals surface area contributed by atoms with Crippen molar-refractivity contribution in [1.29, 1.82) is 0 Å². The van der Waals surface area contributed by atoms with Crippen LogP contribution in [-0.2, 0) is 6.42 Å². The fourth-order valence-corrected chi connectivity index (χ4v) is 2.96. The summed E-state index contributed by atoms with van der Waals surface area (Å²) in [7, 11) is 0. The summed E-state index contributed by atoms with van der Waals surface area (Å²) in [6.07, 6.45) is 1.08. The van der Waals surface area contributed by atoms with Crippen molar-refractivity contribution in [3.63, 3.8) is 0 Å². The molecule has 0 fully saturated rings. The van der Waals surface area contributed by atoms with E-state index in [0.717, 1.165) is 18.1 Å². The SMILES string of the molecule is CCc1cc(-c2n[nH]c(C)n2)sc1C(C)C. The summed E-state index contributed by atoms with van der Waals surface area (Å²) in [5, 5.41) is 7.10. The van der Waals surface area contributed by atoms with Crippen LogP contribution in [0.25, 0.3) is 10.7 Å². The van der Waals surface area contributed by atoms with Gasteiger partial charge in [-0.1, -0.05) is 20.8 Å². The largest absolute Gasteiger partial charge is 0.263 e. The van der Waals surface area contributed by atoms with Gasteiger partial charge in [0.1, 0.15) is 5.82 Å². The van der Waals surface area contributed by atoms with E-state index in [1.807, 2.05) is 18.3 Å². The number of thiophene rings is 1. The van der Waals surface area contributed by atoms with E-state index in [1.54, 1.807) is 0 Å². The van der Waals surface area contributed by atoms with E-state index in [9.17, 15) is 0 Å². The van der Waals surface area contributed by atoms with Crippen molar-refractivity contribution in [1.82, 2.24) is 15.2 Å². The molecule has 2 aromatic heterocycles. The van der Waals surface area contributed by atoms with Crippen LogP contribution in [0.3, 0.4) is 0 Å². The van der Waals surface area contributed by atoms with E-state index in [-0.39, 0.29) is 0 Å². The lowest BCUT2D eigenvalue weighted by Gasteiger charge is -2.03. The number of H-pyrrole nitrogens is 1. The Bertz CT molecular complexity index is 482. The van der Waals surface area contributed by atoms with Crippen molar-refractivity contribution >= 4 is 11.3 Å². The second-order valence-corrected chi connectivity index (χ2v) is 5.34. The second kappa shape index (κ2) is 4.37. The zero-order chi connectivity index (χ0) is 11.7. The summed E-state index contributed by atoms with van der Waals surface area (Å²) in [5.74, 6) is 2.27. The summed E-state index contributed by atoms with van der Waals surface area (Å²) in [6.45, 7) is 8.59. The maximum atomic E-state index is 4.37. The van der Waals surface area contributed by atoms with Gasteiger partial charge in [-0.05, 0) is 30.9 Å². The first kappa shape index (κ1) is 11.3. The molecule has 0 atom stereocenters. The predicted octanol–water partition coefficient (Wildman–Crippen LogP) is 3.53. The Morgan fingerprint density at radius 1 is 1.44 bits per heavy atom.